The number of hydrogen-bond acceptors (Lipinski definition) is 3. The summed E-state index contributed by atoms with van der Waals surface area (Å²) in [6.45, 7) is 5.52. The lowest BCUT2D eigenvalue weighted by Crippen LogP contribution is -2.48. The third-order valence-electron chi connectivity index (χ3n) is 4.89. The van der Waals surface area contributed by atoms with Gasteiger partial charge in [0.15, 0.2) is 0 Å². The van der Waals surface area contributed by atoms with Crippen LogP contribution >= 0.6 is 11.3 Å². The number of rotatable bonds is 2. The second kappa shape index (κ2) is 5.15. The van der Waals surface area contributed by atoms with Gasteiger partial charge in [-0.1, -0.05) is 20.3 Å². The molecule has 1 aromatic heterocycles. The van der Waals surface area contributed by atoms with E-state index in [2.05, 4.69) is 18.7 Å². The van der Waals surface area contributed by atoms with Crippen LogP contribution in [0, 0.1) is 5.41 Å². The molecule has 1 N–H and O–H groups in total. The molecule has 2 unspecified atom stereocenters. The number of thiophene rings is 1. The largest absolute Gasteiger partial charge is 0.480 e. The Morgan fingerprint density at radius 2 is 2.30 bits per heavy atom. The molecule has 1 fully saturated rings. The van der Waals surface area contributed by atoms with E-state index in [1.807, 2.05) is 11.4 Å². The Morgan fingerprint density at radius 3 is 3.00 bits per heavy atom. The minimum atomic E-state index is -0.687. The number of aliphatic carboxylic acids is 1. The highest BCUT2D eigenvalue weighted by atomic mass is 32.1. The fraction of sp³-hybridized carbons (Fsp3) is 0.688. The van der Waals surface area contributed by atoms with Gasteiger partial charge in [-0.15, -0.1) is 11.3 Å². The molecule has 1 aliphatic heterocycles. The maximum atomic E-state index is 11.8. The first-order valence-electron chi connectivity index (χ1n) is 7.53. The molecule has 2 aliphatic rings. The maximum absolute atomic E-state index is 11.8. The molecule has 2 atom stereocenters. The van der Waals surface area contributed by atoms with Crippen LogP contribution in [0.4, 0.5) is 0 Å². The average molecular weight is 293 g/mol. The van der Waals surface area contributed by atoms with Gasteiger partial charge in [-0.2, -0.15) is 0 Å². The van der Waals surface area contributed by atoms with Gasteiger partial charge in [-0.05, 0) is 48.1 Å². The van der Waals surface area contributed by atoms with E-state index in [9.17, 15) is 9.90 Å². The SMILES string of the molecule is CC1(C)CCCC(N2CCc3sccc3C2C(=O)O)C1. The van der Waals surface area contributed by atoms with Crippen LogP contribution < -0.4 is 0 Å². The van der Waals surface area contributed by atoms with Crippen molar-refractivity contribution in [2.45, 2.75) is 58.0 Å². The molecule has 0 spiro atoms. The van der Waals surface area contributed by atoms with E-state index in [0.29, 0.717) is 11.5 Å². The van der Waals surface area contributed by atoms with Crippen LogP contribution in [0.3, 0.4) is 0 Å². The van der Waals surface area contributed by atoms with Crippen LogP contribution in [0.5, 0.6) is 0 Å². The smallest absolute Gasteiger partial charge is 0.325 e. The second-order valence-electron chi connectivity index (χ2n) is 6.94. The normalized spacial score (nSPS) is 29.9. The molecule has 20 heavy (non-hydrogen) atoms. The molecule has 0 amide bonds. The Bertz CT molecular complexity index is 508. The monoisotopic (exact) mass is 293 g/mol. The third kappa shape index (κ3) is 2.51. The highest BCUT2D eigenvalue weighted by Crippen LogP contribution is 2.42. The van der Waals surface area contributed by atoms with E-state index in [-0.39, 0.29) is 0 Å². The fourth-order valence-corrected chi connectivity index (χ4v) is 4.85. The Morgan fingerprint density at radius 1 is 1.50 bits per heavy atom. The summed E-state index contributed by atoms with van der Waals surface area (Å²) < 4.78 is 0. The summed E-state index contributed by atoms with van der Waals surface area (Å²) in [5.41, 5.74) is 1.39. The summed E-state index contributed by atoms with van der Waals surface area (Å²) in [6.07, 6.45) is 5.76. The Hall–Kier alpha value is -0.870. The molecule has 3 rings (SSSR count). The van der Waals surface area contributed by atoms with Gasteiger partial charge in [-0.3, -0.25) is 9.69 Å². The predicted molar refractivity (Wildman–Crippen MR) is 81.1 cm³/mol. The van der Waals surface area contributed by atoms with Crippen molar-refractivity contribution >= 4 is 17.3 Å². The average Bonchev–Trinajstić information content (AvgIpc) is 2.83. The van der Waals surface area contributed by atoms with E-state index < -0.39 is 12.0 Å². The molecule has 0 bridgehead atoms. The summed E-state index contributed by atoms with van der Waals surface area (Å²) in [4.78, 5) is 15.3. The maximum Gasteiger partial charge on any atom is 0.325 e. The number of hydrogen-bond donors (Lipinski definition) is 1. The molecular weight excluding hydrogens is 270 g/mol. The van der Waals surface area contributed by atoms with Gasteiger partial charge >= 0.3 is 5.97 Å². The molecule has 0 aromatic carbocycles. The van der Waals surface area contributed by atoms with Crippen molar-refractivity contribution in [2.75, 3.05) is 6.54 Å². The lowest BCUT2D eigenvalue weighted by Gasteiger charge is -2.45. The number of nitrogens with zero attached hydrogens (tertiary/aromatic N) is 1. The van der Waals surface area contributed by atoms with Crippen LogP contribution in [-0.2, 0) is 11.2 Å². The lowest BCUT2D eigenvalue weighted by molar-refractivity contribution is -0.146. The van der Waals surface area contributed by atoms with Gasteiger partial charge in [0.2, 0.25) is 0 Å². The van der Waals surface area contributed by atoms with E-state index in [0.717, 1.165) is 31.4 Å². The Labute approximate surface area is 124 Å². The van der Waals surface area contributed by atoms with Crippen LogP contribution in [0.15, 0.2) is 11.4 Å². The van der Waals surface area contributed by atoms with Gasteiger partial charge in [-0.25, -0.2) is 0 Å². The summed E-state index contributed by atoms with van der Waals surface area (Å²) in [5, 5.41) is 11.7. The predicted octanol–water partition coefficient (Wildman–Crippen LogP) is 3.70. The quantitative estimate of drug-likeness (QED) is 0.904. The van der Waals surface area contributed by atoms with E-state index in [1.165, 1.54) is 17.7 Å². The molecule has 1 aliphatic carbocycles. The fourth-order valence-electron chi connectivity index (χ4n) is 3.95. The van der Waals surface area contributed by atoms with Gasteiger partial charge in [0.25, 0.3) is 0 Å². The van der Waals surface area contributed by atoms with Crippen molar-refractivity contribution in [2.24, 2.45) is 5.41 Å². The minimum Gasteiger partial charge on any atom is -0.480 e. The summed E-state index contributed by atoms with van der Waals surface area (Å²) >= 11 is 1.71. The molecule has 2 heterocycles. The molecule has 4 heteroatoms. The molecular formula is C16H23NO2S. The summed E-state index contributed by atoms with van der Waals surface area (Å²) in [5.74, 6) is -0.687. The number of carbonyl (C=O) groups is 1. The lowest BCUT2D eigenvalue weighted by atomic mass is 9.74. The zero-order valence-electron chi connectivity index (χ0n) is 12.3. The van der Waals surface area contributed by atoms with Crippen molar-refractivity contribution in [3.63, 3.8) is 0 Å². The van der Waals surface area contributed by atoms with Gasteiger partial charge in [0, 0.05) is 17.5 Å². The van der Waals surface area contributed by atoms with E-state index in [1.54, 1.807) is 11.3 Å². The van der Waals surface area contributed by atoms with Gasteiger partial charge in [0.1, 0.15) is 6.04 Å². The van der Waals surface area contributed by atoms with Crippen LogP contribution in [0.25, 0.3) is 0 Å². The van der Waals surface area contributed by atoms with Crippen molar-refractivity contribution in [3.05, 3.63) is 21.9 Å². The van der Waals surface area contributed by atoms with Crippen molar-refractivity contribution in [1.29, 1.82) is 0 Å². The molecule has 1 aromatic rings. The first-order valence-corrected chi connectivity index (χ1v) is 8.41. The first kappa shape index (κ1) is 14.1. The van der Waals surface area contributed by atoms with Crippen molar-refractivity contribution in [1.82, 2.24) is 4.90 Å². The molecule has 3 nitrogen and oxygen atoms in total. The van der Waals surface area contributed by atoms with Crippen LogP contribution in [0.2, 0.25) is 0 Å². The summed E-state index contributed by atoms with van der Waals surface area (Å²) in [7, 11) is 0. The molecule has 110 valence electrons. The standard InChI is InChI=1S/C16H23NO2S/c1-16(2)7-3-4-11(10-16)17-8-5-13-12(6-9-20-13)14(17)15(18)19/h6,9,11,14H,3-5,7-8,10H2,1-2H3,(H,18,19). The second-order valence-corrected chi connectivity index (χ2v) is 7.94. The first-order chi connectivity index (χ1) is 9.48. The zero-order valence-corrected chi connectivity index (χ0v) is 13.1. The minimum absolute atomic E-state index is 0.348. The van der Waals surface area contributed by atoms with Crippen molar-refractivity contribution < 1.29 is 9.90 Å². The topological polar surface area (TPSA) is 40.5 Å². The number of carboxylic acids is 1. The van der Waals surface area contributed by atoms with Gasteiger partial charge < -0.3 is 5.11 Å². The summed E-state index contributed by atoms with van der Waals surface area (Å²) in [6, 6.07) is 2.01. The number of fused-ring (bicyclic) bond motifs is 1. The third-order valence-corrected chi connectivity index (χ3v) is 5.88. The molecule has 0 radical (unpaired) electrons. The highest BCUT2D eigenvalue weighted by molar-refractivity contribution is 7.10. The van der Waals surface area contributed by atoms with Gasteiger partial charge in [0.05, 0.1) is 0 Å². The number of carboxylic acid groups (broad SMARTS) is 1. The Kier molecular flexibility index (Phi) is 3.63. The highest BCUT2D eigenvalue weighted by Gasteiger charge is 2.40. The zero-order chi connectivity index (χ0) is 14.3. The van der Waals surface area contributed by atoms with E-state index >= 15 is 0 Å². The van der Waals surface area contributed by atoms with E-state index in [4.69, 9.17) is 0 Å². The molecule has 0 saturated heterocycles. The van der Waals surface area contributed by atoms with Crippen molar-refractivity contribution in [3.8, 4) is 0 Å². The Balaban J connectivity index is 1.88. The van der Waals surface area contributed by atoms with Crippen LogP contribution in [-0.4, -0.2) is 28.6 Å². The van der Waals surface area contributed by atoms with Crippen LogP contribution in [0.1, 0.15) is 56.0 Å². The molecule has 1 saturated carbocycles.